The SMILES string of the molecule is CC(C)CCN(c1ccc(Cl)cc1)c1cc(-c2ccc(C(F)(F)F)cc2)cc(C(CC(C)C)C(=O)N=O)c1. The zero-order chi connectivity index (χ0) is 28.0. The number of benzene rings is 3. The average Bonchev–Trinajstić information content (AvgIpc) is 2.87. The molecule has 0 N–H and O–H groups in total. The number of carbonyl (C=O) groups excluding carboxylic acids is 1. The van der Waals surface area contributed by atoms with E-state index in [4.69, 9.17) is 11.6 Å². The van der Waals surface area contributed by atoms with Crippen LogP contribution >= 0.6 is 11.6 Å². The van der Waals surface area contributed by atoms with E-state index in [1.165, 1.54) is 12.1 Å². The monoisotopic (exact) mass is 544 g/mol. The fraction of sp³-hybridized carbons (Fsp3) is 0.367. The Morgan fingerprint density at radius 1 is 0.868 bits per heavy atom. The van der Waals surface area contributed by atoms with Crippen LogP contribution in [-0.4, -0.2) is 12.5 Å². The molecule has 0 aliphatic rings. The molecule has 4 nitrogen and oxygen atoms in total. The summed E-state index contributed by atoms with van der Waals surface area (Å²) in [6.07, 6.45) is -3.17. The van der Waals surface area contributed by atoms with E-state index < -0.39 is 23.6 Å². The number of carbonyl (C=O) groups is 1. The summed E-state index contributed by atoms with van der Waals surface area (Å²) in [7, 11) is 0. The molecule has 0 heterocycles. The first kappa shape index (κ1) is 29.4. The molecule has 0 radical (unpaired) electrons. The third-order valence-corrected chi connectivity index (χ3v) is 6.62. The first-order valence-corrected chi connectivity index (χ1v) is 13.0. The Bertz CT molecular complexity index is 1240. The highest BCUT2D eigenvalue weighted by molar-refractivity contribution is 6.30. The molecular weight excluding hydrogens is 513 g/mol. The van der Waals surface area contributed by atoms with Crippen LogP contribution in [0.15, 0.2) is 71.9 Å². The van der Waals surface area contributed by atoms with Crippen molar-refractivity contribution in [2.24, 2.45) is 17.0 Å². The highest BCUT2D eigenvalue weighted by Gasteiger charge is 2.30. The lowest BCUT2D eigenvalue weighted by Gasteiger charge is -2.28. The summed E-state index contributed by atoms with van der Waals surface area (Å²) in [5, 5.41) is 3.31. The van der Waals surface area contributed by atoms with Crippen molar-refractivity contribution in [2.75, 3.05) is 11.4 Å². The van der Waals surface area contributed by atoms with Gasteiger partial charge in [0, 0.05) is 28.1 Å². The molecule has 0 saturated carbocycles. The van der Waals surface area contributed by atoms with Gasteiger partial charge in [-0.25, -0.2) is 0 Å². The van der Waals surface area contributed by atoms with Gasteiger partial charge in [-0.15, -0.1) is 4.91 Å². The lowest BCUT2D eigenvalue weighted by atomic mass is 9.87. The molecule has 0 saturated heterocycles. The van der Waals surface area contributed by atoms with Crippen LogP contribution in [-0.2, 0) is 11.0 Å². The van der Waals surface area contributed by atoms with Gasteiger partial charge in [-0.05, 0) is 89.9 Å². The predicted octanol–water partition coefficient (Wildman–Crippen LogP) is 9.63. The lowest BCUT2D eigenvalue weighted by molar-refractivity contribution is -0.137. The highest BCUT2D eigenvalue weighted by Crippen LogP contribution is 2.38. The van der Waals surface area contributed by atoms with Gasteiger partial charge < -0.3 is 4.90 Å². The number of hydrogen-bond acceptors (Lipinski definition) is 3. The summed E-state index contributed by atoms with van der Waals surface area (Å²) >= 11 is 6.13. The van der Waals surface area contributed by atoms with Crippen molar-refractivity contribution in [3.63, 3.8) is 0 Å². The summed E-state index contributed by atoms with van der Waals surface area (Å²) in [5.41, 5.74) is 2.70. The molecule has 202 valence electrons. The number of halogens is 4. The Hall–Kier alpha value is -3.19. The van der Waals surface area contributed by atoms with Gasteiger partial charge in [-0.1, -0.05) is 57.5 Å². The quantitative estimate of drug-likeness (QED) is 0.239. The second kappa shape index (κ2) is 12.6. The maximum Gasteiger partial charge on any atom is 0.416 e. The van der Waals surface area contributed by atoms with Gasteiger partial charge in [0.05, 0.1) is 11.5 Å². The third kappa shape index (κ3) is 7.67. The molecule has 3 aromatic rings. The molecule has 0 aliphatic carbocycles. The Kier molecular flexibility index (Phi) is 9.71. The van der Waals surface area contributed by atoms with Gasteiger partial charge in [-0.2, -0.15) is 13.2 Å². The molecule has 0 aromatic heterocycles. The number of nitrogens with zero attached hydrogens (tertiary/aromatic N) is 2. The molecule has 0 fully saturated rings. The van der Waals surface area contributed by atoms with E-state index in [-0.39, 0.29) is 5.92 Å². The molecule has 3 rings (SSSR count). The smallest absolute Gasteiger partial charge is 0.341 e. The zero-order valence-corrected chi connectivity index (χ0v) is 22.7. The Balaban J connectivity index is 2.22. The van der Waals surface area contributed by atoms with E-state index in [0.717, 1.165) is 29.9 Å². The van der Waals surface area contributed by atoms with Gasteiger partial charge in [0.25, 0.3) is 5.91 Å². The summed E-state index contributed by atoms with van der Waals surface area (Å²) in [5.74, 6) is -1.01. The summed E-state index contributed by atoms with van der Waals surface area (Å²) in [6, 6.07) is 17.8. The number of amides is 1. The minimum atomic E-state index is -4.45. The molecule has 1 atom stereocenters. The van der Waals surface area contributed by atoms with Crippen molar-refractivity contribution < 1.29 is 18.0 Å². The second-order valence-corrected chi connectivity index (χ2v) is 10.7. The summed E-state index contributed by atoms with van der Waals surface area (Å²) in [4.78, 5) is 26.0. The van der Waals surface area contributed by atoms with E-state index >= 15 is 0 Å². The van der Waals surface area contributed by atoms with Crippen molar-refractivity contribution in [3.05, 3.63) is 87.8 Å². The standard InChI is InChI=1S/C30H32ClF3N2O2/c1-19(2)13-14-36(26-11-9-25(31)10-12-26)27-17-22(21-5-7-24(8-6-21)30(32,33)34)16-23(18-27)28(15-20(3)4)29(37)35-38/h5-12,16-20,28H,13-15H2,1-4H3. The van der Waals surface area contributed by atoms with Gasteiger partial charge in [0.15, 0.2) is 0 Å². The van der Waals surface area contributed by atoms with Crippen LogP contribution in [0.5, 0.6) is 0 Å². The van der Waals surface area contributed by atoms with Crippen LogP contribution in [0, 0.1) is 16.7 Å². The molecular formula is C30H32ClF3N2O2. The zero-order valence-electron chi connectivity index (χ0n) is 21.9. The lowest BCUT2D eigenvalue weighted by Crippen LogP contribution is -2.21. The van der Waals surface area contributed by atoms with Crippen LogP contribution in [0.1, 0.15) is 57.6 Å². The topological polar surface area (TPSA) is 49.7 Å². The van der Waals surface area contributed by atoms with Crippen molar-refractivity contribution in [1.29, 1.82) is 0 Å². The number of alkyl halides is 3. The normalized spacial score (nSPS) is 12.6. The minimum absolute atomic E-state index is 0.109. The second-order valence-electron chi connectivity index (χ2n) is 10.3. The van der Waals surface area contributed by atoms with E-state index in [1.54, 1.807) is 18.2 Å². The van der Waals surface area contributed by atoms with E-state index in [2.05, 4.69) is 23.9 Å². The summed E-state index contributed by atoms with van der Waals surface area (Å²) in [6.45, 7) is 8.81. The largest absolute Gasteiger partial charge is 0.416 e. The van der Waals surface area contributed by atoms with Crippen LogP contribution in [0.3, 0.4) is 0 Å². The number of hydrogen-bond donors (Lipinski definition) is 0. The van der Waals surface area contributed by atoms with Gasteiger partial charge >= 0.3 is 6.18 Å². The molecule has 0 aliphatic heterocycles. The van der Waals surface area contributed by atoms with Crippen molar-refractivity contribution >= 4 is 28.9 Å². The average molecular weight is 545 g/mol. The van der Waals surface area contributed by atoms with Crippen LogP contribution in [0.25, 0.3) is 11.1 Å². The van der Waals surface area contributed by atoms with Crippen LogP contribution < -0.4 is 4.90 Å². The molecule has 3 aromatic carbocycles. The van der Waals surface area contributed by atoms with Crippen molar-refractivity contribution in [1.82, 2.24) is 0 Å². The van der Waals surface area contributed by atoms with Gasteiger partial charge in [-0.3, -0.25) is 4.79 Å². The number of rotatable bonds is 10. The Morgan fingerprint density at radius 2 is 1.50 bits per heavy atom. The highest BCUT2D eigenvalue weighted by atomic mass is 35.5. The van der Waals surface area contributed by atoms with Crippen molar-refractivity contribution in [2.45, 2.75) is 52.6 Å². The minimum Gasteiger partial charge on any atom is -0.341 e. The maximum atomic E-state index is 13.2. The van der Waals surface area contributed by atoms with Gasteiger partial charge in [0.2, 0.25) is 0 Å². The van der Waals surface area contributed by atoms with E-state index in [9.17, 15) is 22.9 Å². The van der Waals surface area contributed by atoms with Crippen molar-refractivity contribution in [3.8, 4) is 11.1 Å². The fourth-order valence-corrected chi connectivity index (χ4v) is 4.47. The fourth-order valence-electron chi connectivity index (χ4n) is 4.34. The molecule has 0 bridgehead atoms. The molecule has 38 heavy (non-hydrogen) atoms. The molecule has 1 amide bonds. The third-order valence-electron chi connectivity index (χ3n) is 6.36. The first-order chi connectivity index (χ1) is 17.9. The molecule has 1 unspecified atom stereocenters. The number of anilines is 2. The van der Waals surface area contributed by atoms with E-state index in [1.807, 2.05) is 38.1 Å². The maximum absolute atomic E-state index is 13.2. The van der Waals surface area contributed by atoms with Crippen LogP contribution in [0.2, 0.25) is 5.02 Å². The number of nitroso groups, excluding NO2 is 1. The van der Waals surface area contributed by atoms with Gasteiger partial charge in [0.1, 0.15) is 0 Å². The molecule has 8 heteroatoms. The first-order valence-electron chi connectivity index (χ1n) is 12.6. The summed E-state index contributed by atoms with van der Waals surface area (Å²) < 4.78 is 39.6. The molecule has 0 spiro atoms. The Morgan fingerprint density at radius 3 is 2.03 bits per heavy atom. The van der Waals surface area contributed by atoms with Crippen LogP contribution in [0.4, 0.5) is 24.5 Å². The predicted molar refractivity (Wildman–Crippen MR) is 148 cm³/mol. The van der Waals surface area contributed by atoms with E-state index in [0.29, 0.717) is 40.6 Å². The Labute approximate surface area is 226 Å².